The molecule has 1 amide bonds. The second kappa shape index (κ2) is 6.40. The van der Waals surface area contributed by atoms with Crippen LogP contribution in [0.25, 0.3) is 0 Å². The number of rotatable bonds is 4. The normalized spacial score (nSPS) is 17.1. The molecule has 1 fully saturated rings. The largest absolute Gasteiger partial charge is 0.468 e. The van der Waals surface area contributed by atoms with Gasteiger partial charge in [0.05, 0.1) is 7.11 Å². The number of carbonyl (C=O) groups excluding carboxylic acids is 2. The van der Waals surface area contributed by atoms with Gasteiger partial charge in [0, 0.05) is 6.42 Å². The molecule has 0 aromatic heterocycles. The molecule has 15 heavy (non-hydrogen) atoms. The van der Waals surface area contributed by atoms with Gasteiger partial charge in [-0.3, -0.25) is 9.59 Å². The fourth-order valence-electron chi connectivity index (χ4n) is 1.66. The Balaban J connectivity index is 2.14. The van der Waals surface area contributed by atoms with Gasteiger partial charge in [0.15, 0.2) is 0 Å². The lowest BCUT2D eigenvalue weighted by molar-refractivity contribution is -0.141. The Morgan fingerprint density at radius 2 is 2.07 bits per heavy atom. The zero-order valence-electron chi connectivity index (χ0n) is 9.04. The molecule has 86 valence electrons. The first-order valence-corrected chi connectivity index (χ1v) is 5.26. The van der Waals surface area contributed by atoms with Crippen LogP contribution >= 0.6 is 0 Å². The molecule has 0 aromatic rings. The van der Waals surface area contributed by atoms with Gasteiger partial charge < -0.3 is 15.4 Å². The molecule has 0 aliphatic carbocycles. The summed E-state index contributed by atoms with van der Waals surface area (Å²) < 4.78 is 4.43. The molecule has 0 bridgehead atoms. The number of carbonyl (C=O) groups is 2. The third kappa shape index (κ3) is 4.78. The molecule has 2 N–H and O–H groups in total. The number of piperidine rings is 1. The third-order valence-electron chi connectivity index (χ3n) is 2.59. The minimum Gasteiger partial charge on any atom is -0.468 e. The fourth-order valence-corrected chi connectivity index (χ4v) is 1.66. The van der Waals surface area contributed by atoms with E-state index in [1.807, 2.05) is 0 Å². The molecule has 0 radical (unpaired) electrons. The zero-order valence-corrected chi connectivity index (χ0v) is 9.04. The second-order valence-electron chi connectivity index (χ2n) is 3.75. The van der Waals surface area contributed by atoms with Crippen molar-refractivity contribution in [1.82, 2.24) is 10.6 Å². The maximum atomic E-state index is 11.4. The average molecular weight is 214 g/mol. The van der Waals surface area contributed by atoms with Crippen LogP contribution in [0.4, 0.5) is 0 Å². The summed E-state index contributed by atoms with van der Waals surface area (Å²) in [5.74, 6) is -0.0233. The standard InChI is InChI=1S/C10H18N2O3/c1-15-10(14)7-12-9(13)6-8-2-4-11-5-3-8/h8,11H,2-7H2,1H3,(H,12,13). The van der Waals surface area contributed by atoms with E-state index in [0.717, 1.165) is 25.9 Å². The quantitative estimate of drug-likeness (QED) is 0.629. The van der Waals surface area contributed by atoms with Crippen molar-refractivity contribution in [1.29, 1.82) is 0 Å². The Bertz CT molecular complexity index is 225. The molecule has 0 spiro atoms. The summed E-state index contributed by atoms with van der Waals surface area (Å²) in [6, 6.07) is 0. The Morgan fingerprint density at radius 1 is 1.40 bits per heavy atom. The highest BCUT2D eigenvalue weighted by molar-refractivity contribution is 5.81. The van der Waals surface area contributed by atoms with Crippen LogP contribution in [0.3, 0.4) is 0 Å². The Morgan fingerprint density at radius 3 is 2.67 bits per heavy atom. The fraction of sp³-hybridized carbons (Fsp3) is 0.800. The molecular formula is C10H18N2O3. The summed E-state index contributed by atoms with van der Waals surface area (Å²) in [5.41, 5.74) is 0. The van der Waals surface area contributed by atoms with Gasteiger partial charge in [0.2, 0.25) is 5.91 Å². The number of esters is 1. The van der Waals surface area contributed by atoms with Crippen molar-refractivity contribution in [3.8, 4) is 0 Å². The van der Waals surface area contributed by atoms with Crippen molar-refractivity contribution in [3.05, 3.63) is 0 Å². The van der Waals surface area contributed by atoms with Gasteiger partial charge >= 0.3 is 5.97 Å². The van der Waals surface area contributed by atoms with E-state index in [2.05, 4.69) is 15.4 Å². The SMILES string of the molecule is COC(=O)CNC(=O)CC1CCNCC1. The van der Waals surface area contributed by atoms with E-state index in [-0.39, 0.29) is 12.5 Å². The summed E-state index contributed by atoms with van der Waals surface area (Å²) in [6.07, 6.45) is 2.58. The molecular weight excluding hydrogens is 196 g/mol. The van der Waals surface area contributed by atoms with Gasteiger partial charge in [-0.2, -0.15) is 0 Å². The van der Waals surface area contributed by atoms with Crippen molar-refractivity contribution in [2.24, 2.45) is 5.92 Å². The summed E-state index contributed by atoms with van der Waals surface area (Å²) in [7, 11) is 1.31. The van der Waals surface area contributed by atoms with Crippen molar-refractivity contribution < 1.29 is 14.3 Å². The van der Waals surface area contributed by atoms with E-state index in [1.54, 1.807) is 0 Å². The molecule has 1 aliphatic heterocycles. The van der Waals surface area contributed by atoms with Crippen LogP contribution in [-0.2, 0) is 14.3 Å². The van der Waals surface area contributed by atoms with Crippen LogP contribution in [0.15, 0.2) is 0 Å². The highest BCUT2D eigenvalue weighted by atomic mass is 16.5. The minimum absolute atomic E-state index is 0.0275. The zero-order chi connectivity index (χ0) is 11.1. The van der Waals surface area contributed by atoms with Gasteiger partial charge in [0.1, 0.15) is 6.54 Å². The maximum absolute atomic E-state index is 11.4. The summed E-state index contributed by atoms with van der Waals surface area (Å²) in [6.45, 7) is 1.93. The van der Waals surface area contributed by atoms with Crippen LogP contribution in [0.2, 0.25) is 0 Å². The minimum atomic E-state index is -0.409. The van der Waals surface area contributed by atoms with E-state index in [9.17, 15) is 9.59 Å². The first kappa shape index (κ1) is 12.0. The number of amides is 1. The molecule has 0 unspecified atom stereocenters. The number of hydrogen-bond donors (Lipinski definition) is 2. The molecule has 5 heteroatoms. The first-order chi connectivity index (χ1) is 7.22. The van der Waals surface area contributed by atoms with Crippen molar-refractivity contribution >= 4 is 11.9 Å². The Labute approximate surface area is 89.6 Å². The van der Waals surface area contributed by atoms with Crippen LogP contribution in [0.1, 0.15) is 19.3 Å². The number of methoxy groups -OCH3 is 1. The highest BCUT2D eigenvalue weighted by Crippen LogP contribution is 2.15. The summed E-state index contributed by atoms with van der Waals surface area (Å²) in [4.78, 5) is 22.2. The number of hydrogen-bond acceptors (Lipinski definition) is 4. The number of nitrogens with one attached hydrogen (secondary N) is 2. The summed E-state index contributed by atoms with van der Waals surface area (Å²) in [5, 5.41) is 5.79. The first-order valence-electron chi connectivity index (χ1n) is 5.26. The molecule has 0 saturated carbocycles. The van der Waals surface area contributed by atoms with Crippen LogP contribution < -0.4 is 10.6 Å². The smallest absolute Gasteiger partial charge is 0.325 e. The Hall–Kier alpha value is -1.10. The molecule has 1 heterocycles. The van der Waals surface area contributed by atoms with Gasteiger partial charge in [-0.25, -0.2) is 0 Å². The molecule has 1 aliphatic rings. The van der Waals surface area contributed by atoms with Gasteiger partial charge in [-0.15, -0.1) is 0 Å². The van der Waals surface area contributed by atoms with Crippen molar-refractivity contribution in [2.45, 2.75) is 19.3 Å². The molecule has 0 aromatic carbocycles. The predicted octanol–water partition coefficient (Wildman–Crippen LogP) is -0.335. The second-order valence-corrected chi connectivity index (χ2v) is 3.75. The predicted molar refractivity (Wildman–Crippen MR) is 55.2 cm³/mol. The average Bonchev–Trinajstić information content (AvgIpc) is 2.27. The molecule has 1 saturated heterocycles. The molecule has 5 nitrogen and oxygen atoms in total. The third-order valence-corrected chi connectivity index (χ3v) is 2.59. The lowest BCUT2D eigenvalue weighted by Gasteiger charge is -2.21. The maximum Gasteiger partial charge on any atom is 0.325 e. The topological polar surface area (TPSA) is 67.4 Å². The van der Waals surface area contributed by atoms with Crippen molar-refractivity contribution in [3.63, 3.8) is 0 Å². The Kier molecular flexibility index (Phi) is 5.10. The monoisotopic (exact) mass is 214 g/mol. The van der Waals surface area contributed by atoms with Crippen LogP contribution in [-0.4, -0.2) is 38.6 Å². The van der Waals surface area contributed by atoms with E-state index >= 15 is 0 Å². The highest BCUT2D eigenvalue weighted by Gasteiger charge is 2.16. The van der Waals surface area contributed by atoms with E-state index in [1.165, 1.54) is 7.11 Å². The van der Waals surface area contributed by atoms with E-state index in [4.69, 9.17) is 0 Å². The van der Waals surface area contributed by atoms with E-state index < -0.39 is 5.97 Å². The van der Waals surface area contributed by atoms with Crippen LogP contribution in [0, 0.1) is 5.92 Å². The van der Waals surface area contributed by atoms with Gasteiger partial charge in [-0.1, -0.05) is 0 Å². The van der Waals surface area contributed by atoms with Gasteiger partial charge in [0.25, 0.3) is 0 Å². The summed E-state index contributed by atoms with van der Waals surface area (Å²) >= 11 is 0. The van der Waals surface area contributed by atoms with E-state index in [0.29, 0.717) is 12.3 Å². The van der Waals surface area contributed by atoms with Crippen LogP contribution in [0.5, 0.6) is 0 Å². The number of ether oxygens (including phenoxy) is 1. The molecule has 1 rings (SSSR count). The molecule has 0 atom stereocenters. The van der Waals surface area contributed by atoms with Crippen molar-refractivity contribution in [2.75, 3.05) is 26.7 Å². The lowest BCUT2D eigenvalue weighted by atomic mass is 9.94. The van der Waals surface area contributed by atoms with Gasteiger partial charge in [-0.05, 0) is 31.8 Å². The lowest BCUT2D eigenvalue weighted by Crippen LogP contribution is -2.34.